The summed E-state index contributed by atoms with van der Waals surface area (Å²) >= 11 is 6.05. The molecule has 0 radical (unpaired) electrons. The predicted octanol–water partition coefficient (Wildman–Crippen LogP) is 1.80. The van der Waals surface area contributed by atoms with E-state index in [1.165, 1.54) is 24.3 Å². The third kappa shape index (κ3) is 4.91. The second-order valence-electron chi connectivity index (χ2n) is 6.29. The van der Waals surface area contributed by atoms with E-state index in [-0.39, 0.29) is 27.8 Å². The number of carbonyl (C=O) groups is 3. The van der Waals surface area contributed by atoms with Crippen molar-refractivity contribution in [2.24, 2.45) is 11.7 Å². The van der Waals surface area contributed by atoms with Crippen molar-refractivity contribution in [3.63, 3.8) is 0 Å². The molecule has 0 aliphatic carbocycles. The third-order valence-corrected chi connectivity index (χ3v) is 4.35. The lowest BCUT2D eigenvalue weighted by molar-refractivity contribution is -0.384. The van der Waals surface area contributed by atoms with Crippen molar-refractivity contribution in [1.82, 2.24) is 5.32 Å². The summed E-state index contributed by atoms with van der Waals surface area (Å²) < 4.78 is 9.77. The van der Waals surface area contributed by atoms with E-state index in [9.17, 15) is 24.5 Å². The van der Waals surface area contributed by atoms with Gasteiger partial charge in [0, 0.05) is 17.7 Å². The highest BCUT2D eigenvalue weighted by molar-refractivity contribution is 6.31. The molecule has 1 aromatic rings. The number of nitro groups is 1. The van der Waals surface area contributed by atoms with E-state index in [0.29, 0.717) is 11.8 Å². The third-order valence-electron chi connectivity index (χ3n) is 4.03. The van der Waals surface area contributed by atoms with Crippen LogP contribution < -0.4 is 11.1 Å². The first-order valence-corrected chi connectivity index (χ1v) is 8.74. The lowest BCUT2D eigenvalue weighted by Crippen LogP contribution is -2.34. The summed E-state index contributed by atoms with van der Waals surface area (Å²) in [6, 6.07) is 5.19. The summed E-state index contributed by atoms with van der Waals surface area (Å²) in [4.78, 5) is 46.0. The largest absolute Gasteiger partial charge is 0.428 e. The number of non-ortho nitro benzene ring substituents is 1. The van der Waals surface area contributed by atoms with Gasteiger partial charge in [-0.15, -0.1) is 0 Å². The van der Waals surface area contributed by atoms with E-state index in [0.717, 1.165) is 0 Å². The van der Waals surface area contributed by atoms with Crippen LogP contribution in [0.4, 0.5) is 5.69 Å². The Balaban J connectivity index is 2.35. The first-order chi connectivity index (χ1) is 13.7. The maximum absolute atomic E-state index is 12.6. The number of rotatable bonds is 7. The average Bonchev–Trinajstić information content (AvgIpc) is 2.67. The van der Waals surface area contributed by atoms with Gasteiger partial charge >= 0.3 is 11.9 Å². The molecule has 0 aromatic heterocycles. The van der Waals surface area contributed by atoms with Gasteiger partial charge in [0.1, 0.15) is 17.3 Å². The molecule has 1 aromatic carbocycles. The molecule has 0 unspecified atom stereocenters. The normalized spacial score (nSPS) is 16.3. The Morgan fingerprint density at radius 1 is 1.31 bits per heavy atom. The number of carbonyl (C=O) groups excluding carboxylic acids is 3. The van der Waals surface area contributed by atoms with E-state index in [1.54, 1.807) is 13.8 Å². The first-order valence-electron chi connectivity index (χ1n) is 8.37. The van der Waals surface area contributed by atoms with Gasteiger partial charge < -0.3 is 20.5 Å². The summed E-state index contributed by atoms with van der Waals surface area (Å²) in [5.41, 5.74) is 5.91. The number of halogens is 1. The monoisotopic (exact) mass is 423 g/mol. The van der Waals surface area contributed by atoms with Crippen LogP contribution in [-0.2, 0) is 23.9 Å². The van der Waals surface area contributed by atoms with Crippen molar-refractivity contribution in [3.8, 4) is 0 Å². The minimum absolute atomic E-state index is 0.0131. The number of hydrogen-bond acceptors (Lipinski definition) is 9. The Kier molecular flexibility index (Phi) is 6.94. The van der Waals surface area contributed by atoms with Crippen LogP contribution in [0.25, 0.3) is 0 Å². The molecule has 1 aliphatic rings. The molecule has 1 atom stereocenters. The molecule has 0 fully saturated rings. The van der Waals surface area contributed by atoms with Crippen LogP contribution in [0, 0.1) is 16.0 Å². The number of nitrogens with one attached hydrogen (secondary N) is 1. The number of dihydropyridines is 1. The lowest BCUT2D eigenvalue weighted by atomic mass is 9.83. The van der Waals surface area contributed by atoms with Gasteiger partial charge in [0.15, 0.2) is 0 Å². The van der Waals surface area contributed by atoms with E-state index in [1.807, 2.05) is 0 Å². The van der Waals surface area contributed by atoms with Gasteiger partial charge in [0.25, 0.3) is 5.69 Å². The highest BCUT2D eigenvalue weighted by Gasteiger charge is 2.35. The van der Waals surface area contributed by atoms with Gasteiger partial charge in [0.2, 0.25) is 6.79 Å². The smallest absolute Gasteiger partial charge is 0.341 e. The second-order valence-corrected chi connectivity index (χ2v) is 6.67. The van der Waals surface area contributed by atoms with Gasteiger partial charge in [-0.1, -0.05) is 37.6 Å². The molecule has 0 amide bonds. The fourth-order valence-corrected chi connectivity index (χ4v) is 2.82. The van der Waals surface area contributed by atoms with E-state index in [2.05, 4.69) is 5.32 Å². The summed E-state index contributed by atoms with van der Waals surface area (Å²) in [7, 11) is 0. The number of esters is 2. The molecule has 10 nitrogen and oxygen atoms in total. The van der Waals surface area contributed by atoms with Crippen LogP contribution in [-0.4, -0.2) is 29.9 Å². The maximum Gasteiger partial charge on any atom is 0.341 e. The number of nitro benzene ring substituents is 1. The zero-order chi connectivity index (χ0) is 21.7. The van der Waals surface area contributed by atoms with Crippen molar-refractivity contribution in [2.75, 3.05) is 6.79 Å². The quantitative estimate of drug-likeness (QED) is 0.167. The Morgan fingerprint density at radius 3 is 2.45 bits per heavy atom. The van der Waals surface area contributed by atoms with Gasteiger partial charge in [-0.25, -0.2) is 4.79 Å². The topological polar surface area (TPSA) is 151 Å². The number of aldehydes is 1. The lowest BCUT2D eigenvalue weighted by Gasteiger charge is -2.27. The first kappa shape index (κ1) is 21.9. The van der Waals surface area contributed by atoms with Gasteiger partial charge in [0.05, 0.1) is 22.3 Å². The van der Waals surface area contributed by atoms with Crippen LogP contribution in [0.1, 0.15) is 25.3 Å². The van der Waals surface area contributed by atoms with Crippen molar-refractivity contribution in [2.45, 2.75) is 19.8 Å². The van der Waals surface area contributed by atoms with Crippen LogP contribution in [0.3, 0.4) is 0 Å². The Labute approximate surface area is 170 Å². The van der Waals surface area contributed by atoms with E-state index in [4.69, 9.17) is 26.8 Å². The number of allylic oxidation sites excluding steroid dienone is 1. The Morgan fingerprint density at radius 2 is 1.93 bits per heavy atom. The highest BCUT2D eigenvalue weighted by atomic mass is 35.5. The number of nitrogens with two attached hydrogens (primary N) is 1. The highest BCUT2D eigenvalue weighted by Crippen LogP contribution is 2.38. The maximum atomic E-state index is 12.6. The molecule has 0 spiro atoms. The zero-order valence-corrected chi connectivity index (χ0v) is 16.3. The molecule has 3 N–H and O–H groups in total. The molecule has 2 rings (SSSR count). The minimum atomic E-state index is -1.03. The zero-order valence-electron chi connectivity index (χ0n) is 15.5. The molecule has 0 bridgehead atoms. The van der Waals surface area contributed by atoms with Gasteiger partial charge in [-0.05, 0) is 5.56 Å². The number of hydrogen-bond donors (Lipinski definition) is 2. The van der Waals surface area contributed by atoms with Crippen LogP contribution in [0.2, 0.25) is 0 Å². The molecule has 1 heterocycles. The Bertz CT molecular complexity index is 907. The van der Waals surface area contributed by atoms with Gasteiger partial charge in [-0.3, -0.25) is 19.7 Å². The number of ether oxygens (including phenoxy) is 2. The SMILES string of the molecule is CC(C)C(=O)OCOC(=O)C1=C(N)NC(Cl)=C(C=O)[C@H]1c1ccc([N+](=O)[O-])cc1. The summed E-state index contributed by atoms with van der Waals surface area (Å²) in [5, 5.41) is 13.3. The van der Waals surface area contributed by atoms with Crippen LogP contribution in [0.5, 0.6) is 0 Å². The summed E-state index contributed by atoms with van der Waals surface area (Å²) in [6.07, 6.45) is 0.444. The molecule has 11 heteroatoms. The van der Waals surface area contributed by atoms with Gasteiger partial charge in [-0.2, -0.15) is 0 Å². The summed E-state index contributed by atoms with van der Waals surface area (Å²) in [6.45, 7) is 2.58. The van der Waals surface area contributed by atoms with Crippen molar-refractivity contribution in [1.29, 1.82) is 0 Å². The van der Waals surface area contributed by atoms with Crippen molar-refractivity contribution in [3.05, 3.63) is 62.1 Å². The fraction of sp³-hybridized carbons (Fsp3) is 0.278. The standard InChI is InChI=1S/C18H18ClN3O7/c1-9(2)17(24)28-8-29-18(25)14-13(12(7-23)15(19)21-16(14)20)10-3-5-11(6-4-10)22(26)27/h3-7,9,13,21H,8,20H2,1-2H3/t13-/m1/s1. The van der Waals surface area contributed by atoms with Crippen LogP contribution in [0.15, 0.2) is 46.4 Å². The molecule has 0 saturated carbocycles. The predicted molar refractivity (Wildman–Crippen MR) is 101 cm³/mol. The summed E-state index contributed by atoms with van der Waals surface area (Å²) in [5.74, 6) is -3.12. The molecular weight excluding hydrogens is 406 g/mol. The van der Waals surface area contributed by atoms with Crippen molar-refractivity contribution >= 4 is 35.5 Å². The number of benzene rings is 1. The molecule has 0 saturated heterocycles. The van der Waals surface area contributed by atoms with E-state index >= 15 is 0 Å². The van der Waals surface area contributed by atoms with E-state index < -0.39 is 35.5 Å². The fourth-order valence-electron chi connectivity index (χ4n) is 2.56. The average molecular weight is 424 g/mol. The Hall–Kier alpha value is -3.40. The molecule has 29 heavy (non-hydrogen) atoms. The molecule has 154 valence electrons. The number of nitrogens with zero attached hydrogens (tertiary/aromatic N) is 1. The van der Waals surface area contributed by atoms with Crippen molar-refractivity contribution < 1.29 is 28.8 Å². The van der Waals surface area contributed by atoms with Crippen LogP contribution >= 0.6 is 11.6 Å². The molecule has 1 aliphatic heterocycles. The second kappa shape index (κ2) is 9.20. The minimum Gasteiger partial charge on any atom is -0.428 e. The molecular formula is C18H18ClN3O7.